The summed E-state index contributed by atoms with van der Waals surface area (Å²) in [6, 6.07) is 0. The molecule has 0 N–H and O–H groups in total. The van der Waals surface area contributed by atoms with Crippen LogP contribution in [0.3, 0.4) is 0 Å². The van der Waals surface area contributed by atoms with Crippen LogP contribution >= 0.6 is 0 Å². The Kier molecular flexibility index (Phi) is 37.0. The fourth-order valence-corrected chi connectivity index (χ4v) is 0.427. The first-order chi connectivity index (χ1) is 6.30. The molecule has 80 valence electrons. The molecule has 0 bridgehead atoms. The van der Waals surface area contributed by atoms with Crippen LogP contribution in [0.25, 0.3) is 0 Å². The first-order valence-electron chi connectivity index (χ1n) is 3.06. The van der Waals surface area contributed by atoms with Crippen LogP contribution in [-0.2, 0) is 36.2 Å². The van der Waals surface area contributed by atoms with Crippen molar-refractivity contribution in [2.75, 3.05) is 0 Å². The summed E-state index contributed by atoms with van der Waals surface area (Å²) in [7, 11) is 0. The van der Waals surface area contributed by atoms with Crippen LogP contribution in [0.4, 0.5) is 0 Å². The molecule has 0 radical (unpaired) electrons. The Hall–Kier alpha value is -1.32. The van der Waals surface area contributed by atoms with E-state index in [1.165, 1.54) is 0 Å². The third-order valence-corrected chi connectivity index (χ3v) is 0.958. The Morgan fingerprint density at radius 3 is 1.36 bits per heavy atom. The second-order valence-electron chi connectivity index (χ2n) is 1.54. The van der Waals surface area contributed by atoms with Crippen molar-refractivity contribution in [1.82, 2.24) is 0 Å². The number of carbonyl (C=O) groups excluding carboxylic acids is 4. The van der Waals surface area contributed by atoms with E-state index in [9.17, 15) is 4.79 Å². The van der Waals surface area contributed by atoms with E-state index in [1.54, 1.807) is 6.92 Å². The van der Waals surface area contributed by atoms with Crippen molar-refractivity contribution in [3.63, 3.8) is 0 Å². The number of ketones is 1. The maximum atomic E-state index is 10.3. The summed E-state index contributed by atoms with van der Waals surface area (Å²) in [6.45, 7) is 7.56. The number of Topliss-reactive ketones (excluding diaryl/α,β-unsaturated/α-hetero) is 1. The Bertz CT molecular complexity index is 194. The molecular formula is C9H12FeO4. The standard InChI is InChI=1S/C6H6O.3CH2O.Fe/c1-5(7)6-3-2-4-6;3*1-2;/h2-4H,1H3;3*1H2;. The van der Waals surface area contributed by atoms with Crippen LogP contribution in [0.2, 0.25) is 0 Å². The Morgan fingerprint density at radius 2 is 1.36 bits per heavy atom. The van der Waals surface area contributed by atoms with Crippen molar-refractivity contribution >= 4 is 26.2 Å². The van der Waals surface area contributed by atoms with Gasteiger partial charge in [-0.05, 0) is 6.92 Å². The summed E-state index contributed by atoms with van der Waals surface area (Å²) >= 11 is 0. The second kappa shape index (κ2) is 22.6. The van der Waals surface area contributed by atoms with Gasteiger partial charge in [0.25, 0.3) is 0 Å². The minimum atomic E-state index is 0. The van der Waals surface area contributed by atoms with Crippen LogP contribution in [0.1, 0.15) is 6.92 Å². The van der Waals surface area contributed by atoms with Crippen LogP contribution < -0.4 is 0 Å². The number of hydrogen-bond donors (Lipinski definition) is 0. The van der Waals surface area contributed by atoms with E-state index in [1.807, 2.05) is 38.6 Å². The monoisotopic (exact) mass is 240 g/mol. The van der Waals surface area contributed by atoms with Crippen LogP contribution in [0.15, 0.2) is 23.8 Å². The first-order valence-corrected chi connectivity index (χ1v) is 3.06. The molecule has 0 aromatic heterocycles. The van der Waals surface area contributed by atoms with Gasteiger partial charge in [-0.15, -0.1) is 0 Å². The summed E-state index contributed by atoms with van der Waals surface area (Å²) in [4.78, 5) is 34.3. The summed E-state index contributed by atoms with van der Waals surface area (Å²) in [6.07, 6.45) is 5.47. The van der Waals surface area contributed by atoms with Gasteiger partial charge >= 0.3 is 0 Å². The molecule has 0 aromatic carbocycles. The predicted molar refractivity (Wildman–Crippen MR) is 49.3 cm³/mol. The van der Waals surface area contributed by atoms with Gasteiger partial charge in [0.15, 0.2) is 5.78 Å². The van der Waals surface area contributed by atoms with Gasteiger partial charge in [0.2, 0.25) is 0 Å². The molecule has 1 rings (SSSR count). The average Bonchev–Trinajstić information content (AvgIpc) is 2.11. The zero-order chi connectivity index (χ0) is 11.3. The van der Waals surface area contributed by atoms with Crippen LogP contribution in [0, 0.1) is 0 Å². The van der Waals surface area contributed by atoms with E-state index in [2.05, 4.69) is 0 Å². The fraction of sp³-hybridized carbons (Fsp3) is 0.111. The van der Waals surface area contributed by atoms with E-state index >= 15 is 0 Å². The third-order valence-electron chi connectivity index (χ3n) is 0.958. The van der Waals surface area contributed by atoms with E-state index in [0.29, 0.717) is 0 Å². The van der Waals surface area contributed by atoms with Crippen molar-refractivity contribution in [1.29, 1.82) is 0 Å². The van der Waals surface area contributed by atoms with Crippen molar-refractivity contribution in [2.24, 2.45) is 0 Å². The van der Waals surface area contributed by atoms with Crippen molar-refractivity contribution < 1.29 is 36.2 Å². The number of carbonyl (C=O) groups is 4. The quantitative estimate of drug-likeness (QED) is 0.626. The average molecular weight is 240 g/mol. The molecular weight excluding hydrogens is 228 g/mol. The number of rotatable bonds is 1. The molecule has 0 fully saturated rings. The Labute approximate surface area is 93.5 Å². The summed E-state index contributed by atoms with van der Waals surface area (Å²) in [5, 5.41) is 0. The molecule has 0 saturated carbocycles. The van der Waals surface area contributed by atoms with Gasteiger partial charge in [0.1, 0.15) is 20.4 Å². The van der Waals surface area contributed by atoms with Crippen molar-refractivity contribution in [2.45, 2.75) is 6.92 Å². The number of allylic oxidation sites excluding steroid dienone is 4. The topological polar surface area (TPSA) is 68.3 Å². The van der Waals surface area contributed by atoms with Crippen LogP contribution in [-0.4, -0.2) is 26.2 Å². The third kappa shape index (κ3) is 13.3. The molecule has 0 aliphatic heterocycles. The molecule has 0 aromatic rings. The largest absolute Gasteiger partial charge is 0.307 e. The van der Waals surface area contributed by atoms with E-state index in [-0.39, 0.29) is 22.9 Å². The number of hydrogen-bond acceptors (Lipinski definition) is 4. The molecule has 1 aliphatic carbocycles. The van der Waals surface area contributed by atoms with Crippen LogP contribution in [0.5, 0.6) is 0 Å². The normalized spacial score (nSPS) is 8.50. The molecule has 0 spiro atoms. The van der Waals surface area contributed by atoms with Gasteiger partial charge in [0, 0.05) is 22.6 Å². The SMILES string of the molecule is C=O.C=O.C=O.CC(=O)C1=CC=C1.[Fe]. The van der Waals surface area contributed by atoms with Gasteiger partial charge < -0.3 is 14.4 Å². The summed E-state index contributed by atoms with van der Waals surface area (Å²) in [5.74, 6) is 0.155. The Morgan fingerprint density at radius 1 is 1.07 bits per heavy atom. The van der Waals surface area contributed by atoms with Crippen molar-refractivity contribution in [3.05, 3.63) is 23.8 Å². The molecule has 1 aliphatic rings. The molecule has 0 unspecified atom stereocenters. The van der Waals surface area contributed by atoms with E-state index in [4.69, 9.17) is 14.4 Å². The summed E-state index contributed by atoms with van der Waals surface area (Å²) < 4.78 is 0. The maximum absolute atomic E-state index is 10.3. The van der Waals surface area contributed by atoms with E-state index < -0.39 is 0 Å². The fourth-order valence-electron chi connectivity index (χ4n) is 0.427. The van der Waals surface area contributed by atoms with Crippen molar-refractivity contribution in [3.8, 4) is 0 Å². The molecule has 0 amide bonds. The zero-order valence-electron chi connectivity index (χ0n) is 7.84. The zero-order valence-corrected chi connectivity index (χ0v) is 8.94. The molecule has 0 heterocycles. The first kappa shape index (κ1) is 23.0. The smallest absolute Gasteiger partial charge is 0.159 e. The minimum Gasteiger partial charge on any atom is -0.307 e. The molecule has 4 nitrogen and oxygen atoms in total. The Balaban J connectivity index is -0.0000000625. The van der Waals surface area contributed by atoms with Gasteiger partial charge in [-0.3, -0.25) is 4.79 Å². The molecule has 0 atom stereocenters. The van der Waals surface area contributed by atoms with E-state index in [0.717, 1.165) is 5.57 Å². The second-order valence-corrected chi connectivity index (χ2v) is 1.54. The van der Waals surface area contributed by atoms with Gasteiger partial charge in [-0.2, -0.15) is 0 Å². The molecule has 0 saturated heterocycles. The summed E-state index contributed by atoms with van der Waals surface area (Å²) in [5.41, 5.74) is 0.833. The maximum Gasteiger partial charge on any atom is 0.159 e. The minimum absolute atomic E-state index is 0. The van der Waals surface area contributed by atoms with Gasteiger partial charge in [-0.25, -0.2) is 0 Å². The predicted octanol–water partition coefficient (Wildman–Crippen LogP) is 0.514. The molecule has 5 heteroatoms. The van der Waals surface area contributed by atoms with Gasteiger partial charge in [0.05, 0.1) is 0 Å². The molecule has 14 heavy (non-hydrogen) atoms. The van der Waals surface area contributed by atoms with Gasteiger partial charge in [-0.1, -0.05) is 18.2 Å².